The quantitative estimate of drug-likeness (QED) is 0.858. The molecule has 0 aliphatic rings. The van der Waals surface area contributed by atoms with Gasteiger partial charge in [0.05, 0.1) is 16.3 Å². The van der Waals surface area contributed by atoms with Gasteiger partial charge in [0.15, 0.2) is 0 Å². The number of benzene rings is 1. The van der Waals surface area contributed by atoms with Crippen LogP contribution in [0, 0.1) is 6.92 Å². The predicted octanol–water partition coefficient (Wildman–Crippen LogP) is 5.02. The van der Waals surface area contributed by atoms with Gasteiger partial charge >= 0.3 is 6.18 Å². The summed E-state index contributed by atoms with van der Waals surface area (Å²) in [4.78, 5) is 4.28. The first-order valence-corrected chi connectivity index (χ1v) is 6.86. The van der Waals surface area contributed by atoms with Crippen LogP contribution in [0.1, 0.15) is 24.6 Å². The van der Waals surface area contributed by atoms with Crippen LogP contribution in [0.25, 0.3) is 0 Å². The molecule has 21 heavy (non-hydrogen) atoms. The summed E-state index contributed by atoms with van der Waals surface area (Å²) in [5.41, 5.74) is 0.241. The first-order chi connectivity index (χ1) is 9.81. The van der Waals surface area contributed by atoms with Crippen molar-refractivity contribution in [2.75, 3.05) is 5.32 Å². The first-order valence-electron chi connectivity index (χ1n) is 6.48. The van der Waals surface area contributed by atoms with E-state index in [0.29, 0.717) is 11.6 Å². The molecule has 0 aliphatic heterocycles. The SMILES string of the molecule is CCCn1cc(C)nc1Nc1ccc(Cl)c(C(F)(F)F)c1. The molecule has 2 rings (SSSR count). The molecule has 0 radical (unpaired) electrons. The number of anilines is 2. The van der Waals surface area contributed by atoms with Crippen LogP contribution in [0.5, 0.6) is 0 Å². The third kappa shape index (κ3) is 3.69. The number of hydrogen-bond acceptors (Lipinski definition) is 2. The van der Waals surface area contributed by atoms with E-state index in [-0.39, 0.29) is 5.02 Å². The molecule has 1 heterocycles. The van der Waals surface area contributed by atoms with Crippen molar-refractivity contribution in [1.29, 1.82) is 0 Å². The largest absolute Gasteiger partial charge is 0.417 e. The number of nitrogens with one attached hydrogen (secondary N) is 1. The van der Waals surface area contributed by atoms with Crippen molar-refractivity contribution >= 4 is 23.2 Å². The van der Waals surface area contributed by atoms with Crippen LogP contribution < -0.4 is 5.32 Å². The molecule has 0 amide bonds. The molecule has 0 saturated heterocycles. The molecule has 1 aromatic carbocycles. The summed E-state index contributed by atoms with van der Waals surface area (Å²) in [6.45, 7) is 4.59. The number of imidazole rings is 1. The molecule has 114 valence electrons. The fraction of sp³-hybridized carbons (Fsp3) is 0.357. The van der Waals surface area contributed by atoms with Crippen LogP contribution in [-0.4, -0.2) is 9.55 Å². The summed E-state index contributed by atoms with van der Waals surface area (Å²) in [5, 5.41) is 2.59. The molecule has 0 bridgehead atoms. The summed E-state index contributed by atoms with van der Waals surface area (Å²) < 4.78 is 40.4. The van der Waals surface area contributed by atoms with Crippen LogP contribution in [0.2, 0.25) is 5.02 Å². The van der Waals surface area contributed by atoms with E-state index in [1.165, 1.54) is 12.1 Å². The van der Waals surface area contributed by atoms with E-state index in [4.69, 9.17) is 11.6 Å². The van der Waals surface area contributed by atoms with Gasteiger partial charge in [-0.25, -0.2) is 4.98 Å². The third-order valence-corrected chi connectivity index (χ3v) is 3.22. The number of aryl methyl sites for hydroxylation is 2. The van der Waals surface area contributed by atoms with Gasteiger partial charge in [0, 0.05) is 18.4 Å². The molecule has 0 atom stereocenters. The number of alkyl halides is 3. The molecule has 1 N–H and O–H groups in total. The number of hydrogen-bond donors (Lipinski definition) is 1. The van der Waals surface area contributed by atoms with E-state index >= 15 is 0 Å². The van der Waals surface area contributed by atoms with Crippen molar-refractivity contribution in [3.63, 3.8) is 0 Å². The summed E-state index contributed by atoms with van der Waals surface area (Å²) in [7, 11) is 0. The molecule has 2 aromatic rings. The zero-order valence-corrected chi connectivity index (χ0v) is 12.4. The van der Waals surface area contributed by atoms with E-state index in [1.807, 2.05) is 24.6 Å². The van der Waals surface area contributed by atoms with Crippen molar-refractivity contribution < 1.29 is 13.2 Å². The molecular weight excluding hydrogens is 303 g/mol. The molecule has 0 unspecified atom stereocenters. The predicted molar refractivity (Wildman–Crippen MR) is 77.0 cm³/mol. The highest BCUT2D eigenvalue weighted by Crippen LogP contribution is 2.36. The van der Waals surface area contributed by atoms with E-state index in [1.54, 1.807) is 0 Å². The minimum Gasteiger partial charge on any atom is -0.326 e. The fourth-order valence-corrected chi connectivity index (χ4v) is 2.23. The van der Waals surface area contributed by atoms with Crippen LogP contribution in [0.4, 0.5) is 24.8 Å². The van der Waals surface area contributed by atoms with Crippen LogP contribution in [-0.2, 0) is 12.7 Å². The lowest BCUT2D eigenvalue weighted by molar-refractivity contribution is -0.137. The molecule has 0 fully saturated rings. The lowest BCUT2D eigenvalue weighted by Gasteiger charge is -2.13. The maximum Gasteiger partial charge on any atom is 0.417 e. The van der Waals surface area contributed by atoms with Crippen molar-refractivity contribution in [2.24, 2.45) is 0 Å². The highest BCUT2D eigenvalue weighted by atomic mass is 35.5. The van der Waals surface area contributed by atoms with E-state index in [0.717, 1.165) is 24.7 Å². The Morgan fingerprint density at radius 1 is 1.33 bits per heavy atom. The highest BCUT2D eigenvalue weighted by molar-refractivity contribution is 6.31. The molecule has 7 heteroatoms. The average Bonchev–Trinajstić information content (AvgIpc) is 2.71. The Balaban J connectivity index is 2.32. The minimum absolute atomic E-state index is 0.301. The van der Waals surface area contributed by atoms with Crippen molar-refractivity contribution in [1.82, 2.24) is 9.55 Å². The second kappa shape index (κ2) is 5.97. The van der Waals surface area contributed by atoms with Gasteiger partial charge in [-0.3, -0.25) is 0 Å². The van der Waals surface area contributed by atoms with Gasteiger partial charge in [-0.15, -0.1) is 0 Å². The standard InChI is InChI=1S/C14H15ClF3N3/c1-3-6-21-8-9(2)19-13(21)20-10-4-5-12(15)11(7-10)14(16,17)18/h4-5,7-8H,3,6H2,1-2H3,(H,19,20). The Morgan fingerprint density at radius 2 is 2.05 bits per heavy atom. The maximum absolute atomic E-state index is 12.8. The molecule has 0 saturated carbocycles. The third-order valence-electron chi connectivity index (χ3n) is 2.89. The van der Waals surface area contributed by atoms with Crippen LogP contribution in [0.3, 0.4) is 0 Å². The Labute approximate surface area is 125 Å². The fourth-order valence-electron chi connectivity index (χ4n) is 2.01. The Bertz CT molecular complexity index is 635. The van der Waals surface area contributed by atoms with E-state index < -0.39 is 11.7 Å². The van der Waals surface area contributed by atoms with Crippen molar-refractivity contribution in [2.45, 2.75) is 33.0 Å². The summed E-state index contributed by atoms with van der Waals surface area (Å²) in [6.07, 6.45) is -1.73. The van der Waals surface area contributed by atoms with E-state index in [9.17, 15) is 13.2 Å². The second-order valence-corrected chi connectivity index (χ2v) is 5.12. The van der Waals surface area contributed by atoms with Crippen LogP contribution in [0.15, 0.2) is 24.4 Å². The normalized spacial score (nSPS) is 11.7. The second-order valence-electron chi connectivity index (χ2n) is 4.72. The molecule has 3 nitrogen and oxygen atoms in total. The monoisotopic (exact) mass is 317 g/mol. The van der Waals surface area contributed by atoms with Gasteiger partial charge in [0.1, 0.15) is 0 Å². The van der Waals surface area contributed by atoms with Gasteiger partial charge in [-0.1, -0.05) is 18.5 Å². The lowest BCUT2D eigenvalue weighted by Crippen LogP contribution is -2.08. The smallest absolute Gasteiger partial charge is 0.326 e. The maximum atomic E-state index is 12.8. The Kier molecular flexibility index (Phi) is 4.46. The van der Waals surface area contributed by atoms with Gasteiger partial charge in [-0.2, -0.15) is 13.2 Å². The number of halogens is 4. The number of rotatable bonds is 4. The topological polar surface area (TPSA) is 29.9 Å². The Morgan fingerprint density at radius 3 is 2.67 bits per heavy atom. The first kappa shape index (κ1) is 15.7. The van der Waals surface area contributed by atoms with Gasteiger partial charge in [-0.05, 0) is 31.5 Å². The zero-order chi connectivity index (χ0) is 15.6. The van der Waals surface area contributed by atoms with Crippen molar-refractivity contribution in [3.8, 4) is 0 Å². The summed E-state index contributed by atoms with van der Waals surface area (Å²) in [6, 6.07) is 3.72. The minimum atomic E-state index is -4.48. The molecular formula is C14H15ClF3N3. The number of aromatic nitrogens is 2. The molecule has 0 aliphatic carbocycles. The van der Waals surface area contributed by atoms with Gasteiger partial charge in [0.25, 0.3) is 0 Å². The molecule has 1 aromatic heterocycles. The van der Waals surface area contributed by atoms with Crippen molar-refractivity contribution in [3.05, 3.63) is 40.7 Å². The van der Waals surface area contributed by atoms with Gasteiger partial charge < -0.3 is 9.88 Å². The highest BCUT2D eigenvalue weighted by Gasteiger charge is 2.33. The Hall–Kier alpha value is -1.69. The number of nitrogens with zero attached hydrogens (tertiary/aromatic N) is 2. The van der Waals surface area contributed by atoms with Gasteiger partial charge in [0.2, 0.25) is 5.95 Å². The zero-order valence-electron chi connectivity index (χ0n) is 11.6. The lowest BCUT2D eigenvalue weighted by atomic mass is 10.2. The summed E-state index contributed by atoms with van der Waals surface area (Å²) >= 11 is 5.60. The van der Waals surface area contributed by atoms with E-state index in [2.05, 4.69) is 10.3 Å². The average molecular weight is 318 g/mol. The van der Waals surface area contributed by atoms with Crippen LogP contribution >= 0.6 is 11.6 Å². The summed E-state index contributed by atoms with van der Waals surface area (Å²) in [5.74, 6) is 0.518. The molecule has 0 spiro atoms.